The Morgan fingerprint density at radius 1 is 1.31 bits per heavy atom. The van der Waals surface area contributed by atoms with Gasteiger partial charge >= 0.3 is 0 Å². The lowest BCUT2D eigenvalue weighted by atomic mass is 9.51. The van der Waals surface area contributed by atoms with Crippen LogP contribution >= 0.6 is 11.8 Å². The molecular weight excluding hydrogens is 420 g/mol. The predicted octanol–water partition coefficient (Wildman–Crippen LogP) is 2.58. The Labute approximate surface area is 199 Å². The number of aliphatic hydroxyl groups is 1. The Kier molecular flexibility index (Phi) is 7.82. The summed E-state index contributed by atoms with van der Waals surface area (Å²) in [6.45, 7) is 13.7. The number of carbonyl (C=O) groups is 1. The van der Waals surface area contributed by atoms with Crippen LogP contribution in [0.3, 0.4) is 0 Å². The Hall–Kier alpha value is -0.340. The summed E-state index contributed by atoms with van der Waals surface area (Å²) in [7, 11) is 2.12. The van der Waals surface area contributed by atoms with Crippen LogP contribution in [0.25, 0.3) is 0 Å². The highest BCUT2D eigenvalue weighted by atomic mass is 32.2. The number of fused-ring (bicyclic) bond motifs is 2. The number of nitrogens with one attached hydrogen (secondary N) is 2. The minimum absolute atomic E-state index is 0.0757. The summed E-state index contributed by atoms with van der Waals surface area (Å²) in [5, 5.41) is 19.8. The SMILES string of the molecule is CCCCNC1NC2C(CC3(C)CCC(C(C)C(=O)N4CCN(C)CC4)C(O)C3C2C)S1. The zero-order chi connectivity index (χ0) is 23.0. The van der Waals surface area contributed by atoms with Gasteiger partial charge in [-0.15, -0.1) is 11.8 Å². The molecule has 2 saturated heterocycles. The molecule has 1 amide bonds. The Balaban J connectivity index is 1.42. The fourth-order valence-corrected chi connectivity index (χ4v) is 8.96. The third-order valence-corrected chi connectivity index (χ3v) is 10.6. The van der Waals surface area contributed by atoms with E-state index < -0.39 is 6.10 Å². The number of hydrogen-bond donors (Lipinski definition) is 3. The highest BCUT2D eigenvalue weighted by Gasteiger charge is 2.58. The van der Waals surface area contributed by atoms with E-state index in [0.717, 1.165) is 45.6 Å². The fraction of sp³-hybridized carbons (Fsp3) is 0.960. The molecule has 2 aliphatic heterocycles. The summed E-state index contributed by atoms with van der Waals surface area (Å²) >= 11 is 2.07. The quantitative estimate of drug-likeness (QED) is 0.523. The van der Waals surface area contributed by atoms with E-state index >= 15 is 0 Å². The van der Waals surface area contributed by atoms with Gasteiger partial charge in [0.25, 0.3) is 0 Å². The van der Waals surface area contributed by atoms with Crippen LogP contribution in [-0.4, -0.2) is 83.5 Å². The molecule has 3 N–H and O–H groups in total. The molecule has 9 atom stereocenters. The summed E-state index contributed by atoms with van der Waals surface area (Å²) in [5.41, 5.74) is 0.494. The van der Waals surface area contributed by atoms with E-state index in [9.17, 15) is 9.90 Å². The van der Waals surface area contributed by atoms with Crippen LogP contribution in [0.1, 0.15) is 59.8 Å². The van der Waals surface area contributed by atoms with Crippen molar-refractivity contribution in [3.05, 3.63) is 0 Å². The average molecular weight is 467 g/mol. The molecule has 4 fully saturated rings. The van der Waals surface area contributed by atoms with Crippen molar-refractivity contribution < 1.29 is 9.90 Å². The maximum atomic E-state index is 13.3. The molecule has 2 aliphatic carbocycles. The van der Waals surface area contributed by atoms with Gasteiger partial charge in [0.1, 0.15) is 5.50 Å². The van der Waals surface area contributed by atoms with Crippen LogP contribution in [0.4, 0.5) is 0 Å². The molecule has 0 aromatic rings. The summed E-state index contributed by atoms with van der Waals surface area (Å²) in [5.74, 6) is 0.895. The molecule has 7 heteroatoms. The van der Waals surface area contributed by atoms with Gasteiger partial charge in [-0.05, 0) is 62.4 Å². The first-order valence-corrected chi connectivity index (χ1v) is 14.0. The van der Waals surface area contributed by atoms with Crippen LogP contribution in [0.5, 0.6) is 0 Å². The number of likely N-dealkylation sites (N-methyl/N-ethyl adjacent to an activating group) is 1. The largest absolute Gasteiger partial charge is 0.392 e. The number of thioether (sulfide) groups is 1. The molecule has 6 nitrogen and oxygen atoms in total. The van der Waals surface area contributed by atoms with Crippen molar-refractivity contribution >= 4 is 17.7 Å². The molecule has 0 aromatic carbocycles. The first-order valence-electron chi connectivity index (χ1n) is 13.1. The zero-order valence-electron chi connectivity index (χ0n) is 20.8. The van der Waals surface area contributed by atoms with Crippen LogP contribution < -0.4 is 10.6 Å². The molecule has 4 rings (SSSR count). The fourth-order valence-electron chi connectivity index (χ4n) is 7.19. The topological polar surface area (TPSA) is 67.8 Å². The van der Waals surface area contributed by atoms with E-state index in [1.165, 1.54) is 19.3 Å². The van der Waals surface area contributed by atoms with Gasteiger partial charge in [0.15, 0.2) is 0 Å². The standard InChI is InChI=1S/C25H46N4O2S/c1-6-7-10-26-24-27-21-17(3)20-22(30)18(8-9-25(20,4)15-19(21)32-24)16(2)23(31)29-13-11-28(5)12-14-29/h16-22,24,26-27,30H,6-15H2,1-5H3. The zero-order valence-corrected chi connectivity index (χ0v) is 21.7. The minimum Gasteiger partial charge on any atom is -0.392 e. The second-order valence-corrected chi connectivity index (χ2v) is 12.8. The molecule has 0 spiro atoms. The molecule has 0 bridgehead atoms. The lowest BCUT2D eigenvalue weighted by Gasteiger charge is -2.57. The van der Waals surface area contributed by atoms with E-state index in [-0.39, 0.29) is 29.1 Å². The number of rotatable bonds is 6. The van der Waals surface area contributed by atoms with Gasteiger partial charge in [-0.3, -0.25) is 15.4 Å². The van der Waals surface area contributed by atoms with Gasteiger partial charge in [0.2, 0.25) is 5.91 Å². The summed E-state index contributed by atoms with van der Waals surface area (Å²) in [6, 6.07) is 0.439. The molecule has 0 aromatic heterocycles. The van der Waals surface area contributed by atoms with Gasteiger partial charge in [0.05, 0.1) is 6.10 Å². The number of carbonyl (C=O) groups excluding carboxylic acids is 1. The number of piperazine rings is 1. The number of hydrogen-bond acceptors (Lipinski definition) is 6. The molecule has 2 heterocycles. The Morgan fingerprint density at radius 3 is 2.72 bits per heavy atom. The molecule has 184 valence electrons. The Morgan fingerprint density at radius 2 is 2.03 bits per heavy atom. The van der Waals surface area contributed by atoms with Gasteiger partial charge < -0.3 is 14.9 Å². The van der Waals surface area contributed by atoms with E-state index in [1.807, 2.05) is 4.90 Å². The summed E-state index contributed by atoms with van der Waals surface area (Å²) < 4.78 is 0. The molecule has 2 saturated carbocycles. The molecule has 0 radical (unpaired) electrons. The van der Waals surface area contributed by atoms with E-state index in [4.69, 9.17) is 0 Å². The van der Waals surface area contributed by atoms with Gasteiger partial charge in [-0.25, -0.2) is 0 Å². The average Bonchev–Trinajstić information content (AvgIpc) is 3.16. The maximum absolute atomic E-state index is 13.3. The molecule has 9 unspecified atom stereocenters. The van der Waals surface area contributed by atoms with Crippen molar-refractivity contribution in [3.63, 3.8) is 0 Å². The minimum atomic E-state index is -0.394. The van der Waals surface area contributed by atoms with Crippen LogP contribution in [0.2, 0.25) is 0 Å². The highest BCUT2D eigenvalue weighted by Crippen LogP contribution is 2.58. The normalized spacial score (nSPS) is 43.6. The monoisotopic (exact) mass is 466 g/mol. The molecule has 4 aliphatic rings. The van der Waals surface area contributed by atoms with Gasteiger partial charge in [0, 0.05) is 43.4 Å². The molecular formula is C25H46N4O2S. The smallest absolute Gasteiger partial charge is 0.225 e. The summed E-state index contributed by atoms with van der Waals surface area (Å²) in [6.07, 6.45) is 5.29. The number of amides is 1. The van der Waals surface area contributed by atoms with Crippen molar-refractivity contribution in [1.82, 2.24) is 20.4 Å². The molecule has 32 heavy (non-hydrogen) atoms. The van der Waals surface area contributed by atoms with E-state index in [0.29, 0.717) is 22.7 Å². The van der Waals surface area contributed by atoms with E-state index in [2.05, 4.69) is 62.0 Å². The first-order chi connectivity index (χ1) is 15.2. The lowest BCUT2D eigenvalue weighted by Crippen LogP contribution is -2.60. The third-order valence-electron chi connectivity index (χ3n) is 9.22. The third kappa shape index (κ3) is 4.74. The summed E-state index contributed by atoms with van der Waals surface area (Å²) in [4.78, 5) is 17.6. The number of unbranched alkanes of at least 4 members (excludes halogenated alkanes) is 1. The highest BCUT2D eigenvalue weighted by molar-refractivity contribution is 8.00. The van der Waals surface area contributed by atoms with Gasteiger partial charge in [-0.1, -0.05) is 34.1 Å². The second kappa shape index (κ2) is 10.1. The lowest BCUT2D eigenvalue weighted by molar-refractivity contribution is -0.150. The van der Waals surface area contributed by atoms with Crippen molar-refractivity contribution in [3.8, 4) is 0 Å². The predicted molar refractivity (Wildman–Crippen MR) is 132 cm³/mol. The van der Waals surface area contributed by atoms with Crippen molar-refractivity contribution in [2.45, 2.75) is 82.7 Å². The van der Waals surface area contributed by atoms with Crippen molar-refractivity contribution in [2.24, 2.45) is 29.1 Å². The number of aliphatic hydroxyl groups excluding tert-OH is 1. The van der Waals surface area contributed by atoms with Crippen LogP contribution in [0, 0.1) is 29.1 Å². The van der Waals surface area contributed by atoms with Crippen LogP contribution in [0.15, 0.2) is 0 Å². The van der Waals surface area contributed by atoms with Gasteiger partial charge in [-0.2, -0.15) is 0 Å². The van der Waals surface area contributed by atoms with Crippen LogP contribution in [-0.2, 0) is 4.79 Å². The van der Waals surface area contributed by atoms with E-state index in [1.54, 1.807) is 0 Å². The number of nitrogens with zero attached hydrogens (tertiary/aromatic N) is 2. The first kappa shape index (κ1) is 24.8. The Bertz CT molecular complexity index is 658. The maximum Gasteiger partial charge on any atom is 0.225 e. The van der Waals surface area contributed by atoms with Crippen molar-refractivity contribution in [2.75, 3.05) is 39.8 Å². The van der Waals surface area contributed by atoms with Crippen molar-refractivity contribution in [1.29, 1.82) is 0 Å². The second-order valence-electron chi connectivity index (χ2n) is 11.4.